The van der Waals surface area contributed by atoms with Crippen LogP contribution in [0.25, 0.3) is 22.6 Å². The first-order valence-electron chi connectivity index (χ1n) is 6.69. The van der Waals surface area contributed by atoms with Crippen LogP contribution in [0, 0.1) is 6.92 Å². The van der Waals surface area contributed by atoms with Gasteiger partial charge in [-0.15, -0.1) is 0 Å². The van der Waals surface area contributed by atoms with Gasteiger partial charge >= 0.3 is 12.1 Å². The predicted molar refractivity (Wildman–Crippen MR) is 78.9 cm³/mol. The van der Waals surface area contributed by atoms with Gasteiger partial charge in [-0.25, -0.2) is 4.98 Å². The van der Waals surface area contributed by atoms with Crippen molar-refractivity contribution in [3.63, 3.8) is 0 Å². The van der Waals surface area contributed by atoms with E-state index in [1.54, 1.807) is 11.4 Å². The molecule has 0 aliphatic rings. The molecular formula is C16H11F3N2O2. The summed E-state index contributed by atoms with van der Waals surface area (Å²) in [5, 5.41) is 1.78. The summed E-state index contributed by atoms with van der Waals surface area (Å²) >= 11 is 0. The number of fused-ring (bicyclic) bond motifs is 1. The lowest BCUT2D eigenvalue weighted by atomic mass is 10.2. The van der Waals surface area contributed by atoms with Crippen LogP contribution >= 0.6 is 0 Å². The van der Waals surface area contributed by atoms with E-state index < -0.39 is 12.1 Å². The molecule has 2 aromatic carbocycles. The Hall–Kier alpha value is -2.83. The molecule has 1 N–H and O–H groups in total. The van der Waals surface area contributed by atoms with Gasteiger partial charge in [0.1, 0.15) is 5.52 Å². The first kappa shape index (κ1) is 15.1. The van der Waals surface area contributed by atoms with Gasteiger partial charge in [0.2, 0.25) is 5.89 Å². The molecular weight excluding hydrogens is 309 g/mol. The molecule has 0 bridgehead atoms. The van der Waals surface area contributed by atoms with Crippen LogP contribution in [0.3, 0.4) is 0 Å². The Labute approximate surface area is 128 Å². The number of aryl methyl sites for hydroxylation is 1. The molecule has 1 amide bonds. The minimum absolute atomic E-state index is 0.0445. The normalized spacial score (nSPS) is 11.7. The maximum atomic E-state index is 12.2. The van der Waals surface area contributed by atoms with Crippen LogP contribution in [0.4, 0.5) is 18.9 Å². The summed E-state index contributed by atoms with van der Waals surface area (Å²) < 4.78 is 42.2. The lowest BCUT2D eigenvalue weighted by molar-refractivity contribution is -0.167. The minimum Gasteiger partial charge on any atom is -0.436 e. The van der Waals surface area contributed by atoms with Crippen molar-refractivity contribution in [3.05, 3.63) is 48.0 Å². The molecule has 1 aromatic heterocycles. The SMILES string of the molecule is Cc1ccc2oc(-c3ccc(NC(=O)C(F)(F)F)cc3)nc2c1. The molecule has 23 heavy (non-hydrogen) atoms. The van der Waals surface area contributed by atoms with Gasteiger partial charge in [-0.05, 0) is 48.9 Å². The van der Waals surface area contributed by atoms with E-state index in [2.05, 4.69) is 4.98 Å². The highest BCUT2D eigenvalue weighted by Gasteiger charge is 2.38. The number of aromatic nitrogens is 1. The third-order valence-electron chi connectivity index (χ3n) is 3.19. The van der Waals surface area contributed by atoms with Gasteiger partial charge in [0.25, 0.3) is 0 Å². The standard InChI is InChI=1S/C16H11F3N2O2/c1-9-2-7-13-12(8-9)21-14(23-13)10-3-5-11(6-4-10)20-15(22)16(17,18)19/h2-8H,1H3,(H,20,22). The van der Waals surface area contributed by atoms with E-state index in [0.29, 0.717) is 22.6 Å². The highest BCUT2D eigenvalue weighted by atomic mass is 19.4. The van der Waals surface area contributed by atoms with Crippen LogP contribution in [0.1, 0.15) is 5.56 Å². The molecule has 0 radical (unpaired) electrons. The third kappa shape index (κ3) is 3.18. The molecule has 7 heteroatoms. The number of carbonyl (C=O) groups excluding carboxylic acids is 1. The summed E-state index contributed by atoms with van der Waals surface area (Å²) in [7, 11) is 0. The van der Waals surface area contributed by atoms with Crippen LogP contribution in [0.15, 0.2) is 46.9 Å². The average molecular weight is 320 g/mol. The van der Waals surface area contributed by atoms with Crippen molar-refractivity contribution in [2.24, 2.45) is 0 Å². The Morgan fingerprint density at radius 3 is 2.48 bits per heavy atom. The number of oxazole rings is 1. The maximum absolute atomic E-state index is 12.2. The van der Waals surface area contributed by atoms with E-state index in [9.17, 15) is 18.0 Å². The Kier molecular flexibility index (Phi) is 3.55. The van der Waals surface area contributed by atoms with Crippen LogP contribution in [-0.2, 0) is 4.79 Å². The Balaban J connectivity index is 1.85. The minimum atomic E-state index is -4.92. The Bertz CT molecular complexity index is 867. The zero-order valence-electron chi connectivity index (χ0n) is 11.9. The number of hydrogen-bond donors (Lipinski definition) is 1. The molecule has 118 valence electrons. The lowest BCUT2D eigenvalue weighted by Crippen LogP contribution is -2.29. The number of nitrogens with one attached hydrogen (secondary N) is 1. The molecule has 0 aliphatic carbocycles. The van der Waals surface area contributed by atoms with E-state index in [4.69, 9.17) is 4.42 Å². The van der Waals surface area contributed by atoms with Crippen LogP contribution in [0.2, 0.25) is 0 Å². The molecule has 3 rings (SSSR count). The molecule has 0 fully saturated rings. The van der Waals surface area contributed by atoms with Crippen molar-refractivity contribution in [1.82, 2.24) is 4.98 Å². The highest BCUT2D eigenvalue weighted by molar-refractivity contribution is 5.95. The molecule has 0 spiro atoms. The Morgan fingerprint density at radius 2 is 1.83 bits per heavy atom. The fourth-order valence-electron chi connectivity index (χ4n) is 2.06. The van der Waals surface area contributed by atoms with Crippen LogP contribution in [0.5, 0.6) is 0 Å². The zero-order valence-corrected chi connectivity index (χ0v) is 11.9. The van der Waals surface area contributed by atoms with E-state index in [-0.39, 0.29) is 5.69 Å². The van der Waals surface area contributed by atoms with Crippen LogP contribution in [-0.4, -0.2) is 17.1 Å². The third-order valence-corrected chi connectivity index (χ3v) is 3.19. The van der Waals surface area contributed by atoms with Gasteiger partial charge in [0, 0.05) is 11.3 Å². The molecule has 3 aromatic rings. The van der Waals surface area contributed by atoms with Crippen molar-refractivity contribution >= 4 is 22.7 Å². The number of nitrogens with zero attached hydrogens (tertiary/aromatic N) is 1. The maximum Gasteiger partial charge on any atom is 0.471 e. The van der Waals surface area contributed by atoms with Crippen molar-refractivity contribution < 1.29 is 22.4 Å². The monoisotopic (exact) mass is 320 g/mol. The highest BCUT2D eigenvalue weighted by Crippen LogP contribution is 2.26. The summed E-state index contributed by atoms with van der Waals surface area (Å²) in [6.45, 7) is 1.94. The fourth-order valence-corrected chi connectivity index (χ4v) is 2.06. The van der Waals surface area contributed by atoms with Gasteiger partial charge in [0.05, 0.1) is 0 Å². The topological polar surface area (TPSA) is 55.1 Å². The molecule has 0 aliphatic heterocycles. The number of benzene rings is 2. The summed E-state index contributed by atoms with van der Waals surface area (Å²) in [5.41, 5.74) is 3.02. The number of amides is 1. The molecule has 0 saturated heterocycles. The van der Waals surface area contributed by atoms with Gasteiger partial charge in [-0.2, -0.15) is 13.2 Å². The largest absolute Gasteiger partial charge is 0.471 e. The predicted octanol–water partition coefficient (Wildman–Crippen LogP) is 4.30. The summed E-state index contributed by atoms with van der Waals surface area (Å²) in [6, 6.07) is 11.4. The fraction of sp³-hybridized carbons (Fsp3) is 0.125. The number of halogens is 3. The number of carbonyl (C=O) groups is 1. The van der Waals surface area contributed by atoms with Crippen LogP contribution < -0.4 is 5.32 Å². The quantitative estimate of drug-likeness (QED) is 0.766. The molecule has 0 saturated carbocycles. The van der Waals surface area contributed by atoms with E-state index in [0.717, 1.165) is 5.56 Å². The van der Waals surface area contributed by atoms with Crippen molar-refractivity contribution in [1.29, 1.82) is 0 Å². The summed E-state index contributed by atoms with van der Waals surface area (Å²) in [6.07, 6.45) is -4.92. The Morgan fingerprint density at radius 1 is 1.13 bits per heavy atom. The first-order chi connectivity index (χ1) is 10.8. The van der Waals surface area contributed by atoms with E-state index >= 15 is 0 Å². The van der Waals surface area contributed by atoms with Gasteiger partial charge in [-0.3, -0.25) is 4.79 Å². The van der Waals surface area contributed by atoms with Crippen molar-refractivity contribution in [2.45, 2.75) is 13.1 Å². The van der Waals surface area contributed by atoms with Gasteiger partial charge in [-0.1, -0.05) is 6.07 Å². The van der Waals surface area contributed by atoms with E-state index in [1.165, 1.54) is 24.3 Å². The number of hydrogen-bond acceptors (Lipinski definition) is 3. The smallest absolute Gasteiger partial charge is 0.436 e. The average Bonchev–Trinajstić information content (AvgIpc) is 2.90. The number of alkyl halides is 3. The molecule has 0 unspecified atom stereocenters. The van der Waals surface area contributed by atoms with Crippen molar-refractivity contribution in [3.8, 4) is 11.5 Å². The zero-order chi connectivity index (χ0) is 16.6. The van der Waals surface area contributed by atoms with E-state index in [1.807, 2.05) is 19.1 Å². The second-order valence-corrected chi connectivity index (χ2v) is 5.02. The molecule has 0 atom stereocenters. The number of anilines is 1. The lowest BCUT2D eigenvalue weighted by Gasteiger charge is -2.07. The van der Waals surface area contributed by atoms with Gasteiger partial charge in [0.15, 0.2) is 5.58 Å². The molecule has 1 heterocycles. The second kappa shape index (κ2) is 5.42. The summed E-state index contributed by atoms with van der Waals surface area (Å²) in [5.74, 6) is -1.65. The second-order valence-electron chi connectivity index (χ2n) is 5.02. The number of rotatable bonds is 2. The molecule has 4 nitrogen and oxygen atoms in total. The first-order valence-corrected chi connectivity index (χ1v) is 6.69. The van der Waals surface area contributed by atoms with Gasteiger partial charge < -0.3 is 9.73 Å². The van der Waals surface area contributed by atoms with Crippen molar-refractivity contribution in [2.75, 3.05) is 5.32 Å². The summed E-state index contributed by atoms with van der Waals surface area (Å²) in [4.78, 5) is 15.2.